The van der Waals surface area contributed by atoms with Crippen LogP contribution < -0.4 is 0 Å². The topological polar surface area (TPSA) is 20.2 Å². The van der Waals surface area contributed by atoms with Crippen LogP contribution in [0.2, 0.25) is 0 Å². The fourth-order valence-electron chi connectivity index (χ4n) is 2.41. The zero-order chi connectivity index (χ0) is 10.9. The fraction of sp³-hybridized carbons (Fsp3) is 0.667. The minimum absolute atomic E-state index is 0.437. The van der Waals surface area contributed by atoms with Crippen molar-refractivity contribution in [3.63, 3.8) is 0 Å². The number of aliphatic hydroxyl groups is 1. The summed E-state index contributed by atoms with van der Waals surface area (Å²) in [6.45, 7) is 2.18. The second-order valence-electron chi connectivity index (χ2n) is 4.63. The SMILES string of the molecule is CC1CCCCC1(O)Cc1ccc(Br)s1. The van der Waals surface area contributed by atoms with E-state index in [4.69, 9.17) is 0 Å². The van der Waals surface area contributed by atoms with E-state index >= 15 is 0 Å². The third-order valence-corrected chi connectivity index (χ3v) is 5.15. The van der Waals surface area contributed by atoms with Crippen LogP contribution in [0.4, 0.5) is 0 Å². The number of rotatable bonds is 2. The van der Waals surface area contributed by atoms with Crippen LogP contribution in [0, 0.1) is 5.92 Å². The molecule has 15 heavy (non-hydrogen) atoms. The second-order valence-corrected chi connectivity index (χ2v) is 7.18. The largest absolute Gasteiger partial charge is 0.389 e. The summed E-state index contributed by atoms with van der Waals surface area (Å²) in [5, 5.41) is 10.6. The van der Waals surface area contributed by atoms with Gasteiger partial charge in [-0.25, -0.2) is 0 Å². The summed E-state index contributed by atoms with van der Waals surface area (Å²) in [6.07, 6.45) is 5.40. The molecule has 1 aliphatic carbocycles. The highest BCUT2D eigenvalue weighted by molar-refractivity contribution is 9.11. The van der Waals surface area contributed by atoms with Crippen molar-refractivity contribution in [2.45, 2.75) is 44.6 Å². The Morgan fingerprint density at radius 2 is 2.33 bits per heavy atom. The minimum atomic E-state index is -0.456. The summed E-state index contributed by atoms with van der Waals surface area (Å²) in [5.74, 6) is 0.437. The lowest BCUT2D eigenvalue weighted by Gasteiger charge is -2.38. The van der Waals surface area contributed by atoms with Gasteiger partial charge in [-0.15, -0.1) is 11.3 Å². The van der Waals surface area contributed by atoms with Gasteiger partial charge in [-0.1, -0.05) is 19.8 Å². The first kappa shape index (κ1) is 11.6. The molecule has 0 spiro atoms. The Labute approximate surface area is 104 Å². The lowest BCUT2D eigenvalue weighted by molar-refractivity contribution is -0.0399. The molecule has 0 bridgehead atoms. The van der Waals surface area contributed by atoms with Gasteiger partial charge in [0.2, 0.25) is 0 Å². The van der Waals surface area contributed by atoms with Crippen LogP contribution in [0.1, 0.15) is 37.5 Å². The van der Waals surface area contributed by atoms with Gasteiger partial charge in [0.15, 0.2) is 0 Å². The van der Waals surface area contributed by atoms with Crippen LogP contribution in [0.5, 0.6) is 0 Å². The molecule has 0 amide bonds. The maximum Gasteiger partial charge on any atom is 0.0721 e. The van der Waals surface area contributed by atoms with Gasteiger partial charge in [0.25, 0.3) is 0 Å². The Bertz CT molecular complexity index is 336. The minimum Gasteiger partial charge on any atom is -0.389 e. The lowest BCUT2D eigenvalue weighted by atomic mass is 9.74. The Hall–Kier alpha value is 0.140. The summed E-state index contributed by atoms with van der Waals surface area (Å²) >= 11 is 5.21. The van der Waals surface area contributed by atoms with Crippen molar-refractivity contribution in [1.29, 1.82) is 0 Å². The predicted molar refractivity (Wildman–Crippen MR) is 68.3 cm³/mol. The normalized spacial score (nSPS) is 31.8. The van der Waals surface area contributed by atoms with Crippen molar-refractivity contribution >= 4 is 27.3 Å². The molecule has 2 unspecified atom stereocenters. The van der Waals surface area contributed by atoms with E-state index < -0.39 is 5.60 Å². The van der Waals surface area contributed by atoms with E-state index in [2.05, 4.69) is 35.0 Å². The quantitative estimate of drug-likeness (QED) is 0.872. The molecule has 1 aromatic heterocycles. The molecular weight excluding hydrogens is 272 g/mol. The zero-order valence-electron chi connectivity index (χ0n) is 9.00. The van der Waals surface area contributed by atoms with Gasteiger partial charge in [-0.05, 0) is 46.8 Å². The molecule has 1 heterocycles. The second kappa shape index (κ2) is 4.56. The van der Waals surface area contributed by atoms with E-state index in [0.29, 0.717) is 5.92 Å². The van der Waals surface area contributed by atoms with E-state index in [-0.39, 0.29) is 0 Å². The highest BCUT2D eigenvalue weighted by Gasteiger charge is 2.36. The fourth-order valence-corrected chi connectivity index (χ4v) is 4.01. The molecule has 84 valence electrons. The Morgan fingerprint density at radius 1 is 1.53 bits per heavy atom. The van der Waals surface area contributed by atoms with Crippen molar-refractivity contribution in [2.24, 2.45) is 5.92 Å². The number of thiophene rings is 1. The van der Waals surface area contributed by atoms with Gasteiger partial charge in [-0.3, -0.25) is 0 Å². The van der Waals surface area contributed by atoms with E-state index in [0.717, 1.165) is 16.6 Å². The summed E-state index contributed by atoms with van der Waals surface area (Å²) in [5.41, 5.74) is -0.456. The average molecular weight is 289 g/mol. The van der Waals surface area contributed by atoms with Crippen molar-refractivity contribution in [2.75, 3.05) is 0 Å². The van der Waals surface area contributed by atoms with Gasteiger partial charge >= 0.3 is 0 Å². The summed E-state index contributed by atoms with van der Waals surface area (Å²) in [6, 6.07) is 4.19. The van der Waals surface area contributed by atoms with Crippen molar-refractivity contribution < 1.29 is 5.11 Å². The van der Waals surface area contributed by atoms with Crippen LogP contribution in [-0.2, 0) is 6.42 Å². The first-order valence-corrected chi connectivity index (χ1v) is 7.18. The molecule has 0 aliphatic heterocycles. The highest BCUT2D eigenvalue weighted by atomic mass is 79.9. The van der Waals surface area contributed by atoms with Crippen molar-refractivity contribution in [3.8, 4) is 0 Å². The van der Waals surface area contributed by atoms with Gasteiger partial charge in [0, 0.05) is 11.3 Å². The smallest absolute Gasteiger partial charge is 0.0721 e. The molecule has 0 aromatic carbocycles. The molecule has 2 rings (SSSR count). The van der Waals surface area contributed by atoms with E-state index in [9.17, 15) is 5.11 Å². The van der Waals surface area contributed by atoms with E-state index in [1.54, 1.807) is 11.3 Å². The molecular formula is C12H17BrOS. The van der Waals surface area contributed by atoms with Crippen molar-refractivity contribution in [1.82, 2.24) is 0 Å². The molecule has 1 fully saturated rings. The van der Waals surface area contributed by atoms with Gasteiger partial charge < -0.3 is 5.11 Å². The number of hydrogen-bond acceptors (Lipinski definition) is 2. The van der Waals surface area contributed by atoms with Gasteiger partial charge in [0.05, 0.1) is 9.39 Å². The summed E-state index contributed by atoms with van der Waals surface area (Å²) < 4.78 is 1.16. The van der Waals surface area contributed by atoms with Gasteiger partial charge in [0.1, 0.15) is 0 Å². The molecule has 3 heteroatoms. The zero-order valence-corrected chi connectivity index (χ0v) is 11.4. The molecule has 1 aromatic rings. The van der Waals surface area contributed by atoms with Crippen LogP contribution in [-0.4, -0.2) is 10.7 Å². The third-order valence-electron chi connectivity index (χ3n) is 3.52. The van der Waals surface area contributed by atoms with E-state index in [1.807, 2.05) is 0 Å². The summed E-state index contributed by atoms with van der Waals surface area (Å²) in [4.78, 5) is 1.29. The molecule has 0 saturated heterocycles. The Morgan fingerprint density at radius 3 is 2.93 bits per heavy atom. The number of hydrogen-bond donors (Lipinski definition) is 1. The van der Waals surface area contributed by atoms with Crippen LogP contribution in [0.25, 0.3) is 0 Å². The molecule has 2 atom stereocenters. The first-order chi connectivity index (χ1) is 7.10. The lowest BCUT2D eigenvalue weighted by Crippen LogP contribution is -2.41. The van der Waals surface area contributed by atoms with Crippen LogP contribution in [0.3, 0.4) is 0 Å². The maximum absolute atomic E-state index is 10.6. The Balaban J connectivity index is 2.08. The number of halogens is 1. The van der Waals surface area contributed by atoms with Crippen LogP contribution in [0.15, 0.2) is 15.9 Å². The Kier molecular flexibility index (Phi) is 3.53. The van der Waals surface area contributed by atoms with Crippen LogP contribution >= 0.6 is 27.3 Å². The molecule has 0 radical (unpaired) electrons. The predicted octanol–water partition coefficient (Wildman–Crippen LogP) is 3.99. The average Bonchev–Trinajstić information content (AvgIpc) is 2.57. The summed E-state index contributed by atoms with van der Waals surface area (Å²) in [7, 11) is 0. The highest BCUT2D eigenvalue weighted by Crippen LogP contribution is 2.37. The third kappa shape index (κ3) is 2.63. The standard InChI is InChI=1S/C12H17BrOS/c1-9-4-2-3-7-12(9,14)8-10-5-6-11(13)15-10/h5-6,9,14H,2-4,7-8H2,1H3. The van der Waals surface area contributed by atoms with Crippen molar-refractivity contribution in [3.05, 3.63) is 20.8 Å². The molecule has 1 nitrogen and oxygen atoms in total. The van der Waals surface area contributed by atoms with E-state index in [1.165, 1.54) is 24.1 Å². The molecule has 1 N–H and O–H groups in total. The molecule has 1 saturated carbocycles. The molecule has 1 aliphatic rings. The monoisotopic (exact) mass is 288 g/mol. The van der Waals surface area contributed by atoms with Gasteiger partial charge in [-0.2, -0.15) is 0 Å². The maximum atomic E-state index is 10.6. The first-order valence-electron chi connectivity index (χ1n) is 5.57.